The van der Waals surface area contributed by atoms with Crippen LogP contribution in [0.3, 0.4) is 0 Å². The summed E-state index contributed by atoms with van der Waals surface area (Å²) in [7, 11) is 1.57. The summed E-state index contributed by atoms with van der Waals surface area (Å²) in [4.78, 5) is 9.39. The SMILES string of the molecule is COc1ccc2oc3c(Cl)cc(-c4csc(C(C)C)n4)nc3c2c1Cl. The van der Waals surface area contributed by atoms with Crippen molar-refractivity contribution in [3.8, 4) is 17.1 Å². The molecule has 4 aromatic rings. The number of hydrogen-bond acceptors (Lipinski definition) is 5. The highest BCUT2D eigenvalue weighted by Gasteiger charge is 2.19. The van der Waals surface area contributed by atoms with Crippen molar-refractivity contribution in [1.29, 1.82) is 0 Å². The highest BCUT2D eigenvalue weighted by atomic mass is 35.5. The molecule has 7 heteroatoms. The predicted octanol–water partition coefficient (Wildman–Crippen LogP) is 6.54. The van der Waals surface area contributed by atoms with Gasteiger partial charge in [0.05, 0.1) is 38.9 Å². The van der Waals surface area contributed by atoms with Crippen molar-refractivity contribution in [3.63, 3.8) is 0 Å². The second-order valence-electron chi connectivity index (χ2n) is 5.95. The van der Waals surface area contributed by atoms with Crippen LogP contribution >= 0.6 is 34.5 Å². The number of furan rings is 1. The summed E-state index contributed by atoms with van der Waals surface area (Å²) in [5.41, 5.74) is 3.23. The van der Waals surface area contributed by atoms with Crippen molar-refractivity contribution in [2.45, 2.75) is 19.8 Å². The number of fused-ring (bicyclic) bond motifs is 3. The van der Waals surface area contributed by atoms with Gasteiger partial charge in [0.1, 0.15) is 16.8 Å². The Kier molecular flexibility index (Phi) is 4.10. The molecule has 0 atom stereocenters. The number of thiazole rings is 1. The number of hydrogen-bond donors (Lipinski definition) is 0. The molecule has 0 aliphatic rings. The molecule has 0 fully saturated rings. The molecule has 4 rings (SSSR count). The number of methoxy groups -OCH3 is 1. The van der Waals surface area contributed by atoms with E-state index in [-0.39, 0.29) is 0 Å². The van der Waals surface area contributed by atoms with E-state index in [1.807, 2.05) is 5.38 Å². The van der Waals surface area contributed by atoms with Crippen LogP contribution in [0.25, 0.3) is 33.5 Å². The molecule has 4 nitrogen and oxygen atoms in total. The van der Waals surface area contributed by atoms with Crippen molar-refractivity contribution in [1.82, 2.24) is 9.97 Å². The molecule has 0 saturated carbocycles. The number of rotatable bonds is 3. The Hall–Kier alpha value is -1.82. The van der Waals surface area contributed by atoms with E-state index in [1.165, 1.54) is 0 Å². The van der Waals surface area contributed by atoms with E-state index in [0.717, 1.165) is 10.7 Å². The fraction of sp³-hybridized carbons (Fsp3) is 0.222. The Bertz CT molecular complexity index is 1100. The summed E-state index contributed by atoms with van der Waals surface area (Å²) in [6.07, 6.45) is 0. The molecule has 128 valence electrons. The lowest BCUT2D eigenvalue weighted by Gasteiger charge is -2.03. The summed E-state index contributed by atoms with van der Waals surface area (Å²) < 4.78 is 11.1. The van der Waals surface area contributed by atoms with Gasteiger partial charge in [-0.15, -0.1) is 11.3 Å². The van der Waals surface area contributed by atoms with Crippen LogP contribution in [-0.2, 0) is 0 Å². The zero-order valence-electron chi connectivity index (χ0n) is 13.8. The maximum absolute atomic E-state index is 6.48. The fourth-order valence-corrected chi connectivity index (χ4v) is 4.07. The third-order valence-electron chi connectivity index (χ3n) is 3.94. The van der Waals surface area contributed by atoms with Gasteiger partial charge in [-0.3, -0.25) is 0 Å². The number of aromatic nitrogens is 2. The second kappa shape index (κ2) is 6.16. The van der Waals surface area contributed by atoms with Crippen molar-refractivity contribution in [3.05, 3.63) is 38.6 Å². The Morgan fingerprint density at radius 2 is 1.96 bits per heavy atom. The number of halogens is 2. The van der Waals surface area contributed by atoms with Crippen LogP contribution in [0.5, 0.6) is 5.75 Å². The number of benzene rings is 1. The van der Waals surface area contributed by atoms with Gasteiger partial charge in [-0.2, -0.15) is 0 Å². The summed E-state index contributed by atoms with van der Waals surface area (Å²) in [5.74, 6) is 0.933. The highest BCUT2D eigenvalue weighted by Crippen LogP contribution is 2.41. The average Bonchev–Trinajstić information content (AvgIpc) is 3.20. The van der Waals surface area contributed by atoms with E-state index in [0.29, 0.717) is 49.5 Å². The molecular weight excluding hydrogens is 379 g/mol. The molecule has 1 aromatic carbocycles. The summed E-state index contributed by atoms with van der Waals surface area (Å²) in [6, 6.07) is 5.34. The van der Waals surface area contributed by atoms with Gasteiger partial charge in [0.15, 0.2) is 5.58 Å². The summed E-state index contributed by atoms with van der Waals surface area (Å²) in [6.45, 7) is 4.23. The lowest BCUT2D eigenvalue weighted by Crippen LogP contribution is -1.89. The average molecular weight is 393 g/mol. The monoisotopic (exact) mass is 392 g/mol. The lowest BCUT2D eigenvalue weighted by molar-refractivity contribution is 0.415. The standard InChI is InChI=1S/C18H14Cl2N2O2S/c1-8(2)18-22-11(7-25-18)10-6-9(19)17-16(21-10)14-12(24-17)4-5-13(23-3)15(14)20/h4-8H,1-3H3. The topological polar surface area (TPSA) is 48.2 Å². The first-order valence-corrected chi connectivity index (χ1v) is 9.34. The van der Waals surface area contributed by atoms with Crippen LogP contribution in [0.15, 0.2) is 28.0 Å². The third kappa shape index (κ3) is 2.67. The van der Waals surface area contributed by atoms with Crippen molar-refractivity contribution < 1.29 is 9.15 Å². The van der Waals surface area contributed by atoms with Crippen LogP contribution in [0.4, 0.5) is 0 Å². The normalized spacial score (nSPS) is 11.8. The van der Waals surface area contributed by atoms with Gasteiger partial charge >= 0.3 is 0 Å². The first-order chi connectivity index (χ1) is 12.0. The smallest absolute Gasteiger partial charge is 0.172 e. The molecular formula is C18H14Cl2N2O2S. The van der Waals surface area contributed by atoms with E-state index in [4.69, 9.17) is 37.3 Å². The minimum atomic E-state index is 0.367. The van der Waals surface area contributed by atoms with Crippen LogP contribution < -0.4 is 4.74 Å². The Balaban J connectivity index is 2.00. The second-order valence-corrected chi connectivity index (χ2v) is 7.62. The van der Waals surface area contributed by atoms with E-state index < -0.39 is 0 Å². The Labute approximate surface area is 158 Å². The van der Waals surface area contributed by atoms with Gasteiger partial charge in [-0.25, -0.2) is 9.97 Å². The van der Waals surface area contributed by atoms with Crippen molar-refractivity contribution in [2.75, 3.05) is 7.11 Å². The maximum Gasteiger partial charge on any atom is 0.172 e. The molecule has 0 spiro atoms. The molecule has 3 aromatic heterocycles. The Morgan fingerprint density at radius 3 is 2.64 bits per heavy atom. The van der Waals surface area contributed by atoms with E-state index in [2.05, 4.69) is 18.8 Å². The predicted molar refractivity (Wildman–Crippen MR) is 103 cm³/mol. The molecule has 0 bridgehead atoms. The zero-order chi connectivity index (χ0) is 17.7. The minimum absolute atomic E-state index is 0.367. The zero-order valence-corrected chi connectivity index (χ0v) is 16.1. The van der Waals surface area contributed by atoms with E-state index in [1.54, 1.807) is 36.6 Å². The van der Waals surface area contributed by atoms with Gasteiger partial charge in [-0.05, 0) is 18.2 Å². The van der Waals surface area contributed by atoms with Gasteiger partial charge < -0.3 is 9.15 Å². The molecule has 3 heterocycles. The Morgan fingerprint density at radius 1 is 1.16 bits per heavy atom. The number of ether oxygens (including phenoxy) is 1. The maximum atomic E-state index is 6.48. The fourth-order valence-electron chi connectivity index (χ4n) is 2.68. The summed E-state index contributed by atoms with van der Waals surface area (Å²) in [5, 5.41) is 4.68. The largest absolute Gasteiger partial charge is 0.495 e. The number of pyridine rings is 1. The van der Waals surface area contributed by atoms with Gasteiger partial charge in [0.25, 0.3) is 0 Å². The van der Waals surface area contributed by atoms with E-state index in [9.17, 15) is 0 Å². The molecule has 0 aliphatic carbocycles. The van der Waals surface area contributed by atoms with E-state index >= 15 is 0 Å². The van der Waals surface area contributed by atoms with Crippen LogP contribution in [-0.4, -0.2) is 17.1 Å². The van der Waals surface area contributed by atoms with Gasteiger partial charge in [0, 0.05) is 11.3 Å². The lowest BCUT2D eigenvalue weighted by atomic mass is 10.2. The van der Waals surface area contributed by atoms with Gasteiger partial charge in [-0.1, -0.05) is 37.0 Å². The highest BCUT2D eigenvalue weighted by molar-refractivity contribution is 7.10. The first kappa shape index (κ1) is 16.6. The molecule has 0 N–H and O–H groups in total. The first-order valence-electron chi connectivity index (χ1n) is 7.70. The summed E-state index contributed by atoms with van der Waals surface area (Å²) >= 11 is 14.5. The molecule has 25 heavy (non-hydrogen) atoms. The molecule has 0 unspecified atom stereocenters. The number of nitrogens with zero attached hydrogens (tertiary/aromatic N) is 2. The third-order valence-corrected chi connectivity index (χ3v) is 5.74. The van der Waals surface area contributed by atoms with Gasteiger partial charge in [0.2, 0.25) is 0 Å². The minimum Gasteiger partial charge on any atom is -0.495 e. The van der Waals surface area contributed by atoms with Crippen molar-refractivity contribution in [2.24, 2.45) is 0 Å². The molecule has 0 radical (unpaired) electrons. The van der Waals surface area contributed by atoms with Crippen LogP contribution in [0, 0.1) is 0 Å². The molecule has 0 aliphatic heterocycles. The quantitative estimate of drug-likeness (QED) is 0.396. The van der Waals surface area contributed by atoms with Crippen molar-refractivity contribution >= 4 is 56.6 Å². The van der Waals surface area contributed by atoms with Crippen LogP contribution in [0.1, 0.15) is 24.8 Å². The molecule has 0 amide bonds. The molecule has 0 saturated heterocycles. The van der Waals surface area contributed by atoms with Crippen LogP contribution in [0.2, 0.25) is 10.0 Å².